The number of amides is 1. The van der Waals surface area contributed by atoms with Crippen LogP contribution in [0.25, 0.3) is 16.9 Å². The van der Waals surface area contributed by atoms with Crippen molar-refractivity contribution in [2.75, 3.05) is 0 Å². The van der Waals surface area contributed by atoms with Gasteiger partial charge in [0.25, 0.3) is 5.91 Å². The number of nitrogens with zero attached hydrogens (tertiary/aromatic N) is 2. The van der Waals surface area contributed by atoms with Gasteiger partial charge in [0.1, 0.15) is 12.4 Å². The second-order valence-corrected chi connectivity index (χ2v) is 10.7. The molecule has 5 aromatic rings. The Labute approximate surface area is 244 Å². The van der Waals surface area contributed by atoms with Crippen LogP contribution >= 0.6 is 31.9 Å². The van der Waals surface area contributed by atoms with Crippen molar-refractivity contribution < 1.29 is 9.53 Å². The van der Waals surface area contributed by atoms with Crippen molar-refractivity contribution in [2.24, 2.45) is 5.10 Å². The normalized spacial score (nSPS) is 11.1. The molecule has 1 amide bonds. The minimum atomic E-state index is -0.279. The molecule has 0 saturated carbocycles. The minimum absolute atomic E-state index is 0.279. The number of aromatic nitrogens is 1. The smallest absolute Gasteiger partial charge is 0.271 e. The Bertz CT molecular complexity index is 1610. The van der Waals surface area contributed by atoms with Crippen LogP contribution in [0.5, 0.6) is 5.75 Å². The number of carbonyl (C=O) groups excluding carboxylic acids is 1. The maximum absolute atomic E-state index is 12.7. The number of halogens is 2. The van der Waals surface area contributed by atoms with Crippen LogP contribution in [-0.2, 0) is 6.61 Å². The molecular weight excluding hydrogens is 618 g/mol. The quantitative estimate of drug-likeness (QED) is 0.137. The van der Waals surface area contributed by atoms with Crippen molar-refractivity contribution in [3.05, 3.63) is 141 Å². The van der Waals surface area contributed by atoms with Crippen molar-refractivity contribution in [2.45, 2.75) is 13.5 Å². The van der Waals surface area contributed by atoms with E-state index < -0.39 is 0 Å². The molecule has 1 N–H and O–H groups in total. The summed E-state index contributed by atoms with van der Waals surface area (Å²) in [7, 11) is 0. The Balaban J connectivity index is 1.20. The lowest BCUT2D eigenvalue weighted by Gasteiger charge is -2.12. The molecular formula is C32H25Br2N3O2. The summed E-state index contributed by atoms with van der Waals surface area (Å²) in [5.41, 5.74) is 9.38. The Morgan fingerprint density at radius 3 is 2.36 bits per heavy atom. The molecule has 0 atom stereocenters. The van der Waals surface area contributed by atoms with Crippen molar-refractivity contribution in [3.63, 3.8) is 0 Å². The summed E-state index contributed by atoms with van der Waals surface area (Å²) in [5.74, 6) is 0.450. The molecule has 0 saturated heterocycles. The monoisotopic (exact) mass is 641 g/mol. The van der Waals surface area contributed by atoms with Crippen molar-refractivity contribution in [1.82, 2.24) is 9.99 Å². The highest BCUT2D eigenvalue weighted by Crippen LogP contribution is 2.28. The highest BCUT2D eigenvalue weighted by atomic mass is 79.9. The highest BCUT2D eigenvalue weighted by molar-refractivity contribution is 9.10. The third-order valence-electron chi connectivity index (χ3n) is 6.18. The number of rotatable bonds is 8. The summed E-state index contributed by atoms with van der Waals surface area (Å²) in [5, 5.41) is 4.13. The summed E-state index contributed by atoms with van der Waals surface area (Å²) < 4.78 is 9.93. The highest BCUT2D eigenvalue weighted by Gasteiger charge is 2.11. The van der Waals surface area contributed by atoms with Gasteiger partial charge in [-0.3, -0.25) is 4.79 Å². The van der Waals surface area contributed by atoms with E-state index in [9.17, 15) is 4.79 Å². The second kappa shape index (κ2) is 12.3. The van der Waals surface area contributed by atoms with E-state index in [1.54, 1.807) is 6.21 Å². The molecule has 0 spiro atoms. The first-order chi connectivity index (χ1) is 19.0. The molecule has 5 rings (SSSR count). The first-order valence-corrected chi connectivity index (χ1v) is 13.9. The topological polar surface area (TPSA) is 55.6 Å². The molecule has 0 fully saturated rings. The van der Waals surface area contributed by atoms with E-state index in [0.29, 0.717) is 12.2 Å². The first-order valence-electron chi connectivity index (χ1n) is 12.3. The van der Waals surface area contributed by atoms with Crippen LogP contribution in [0.15, 0.2) is 123 Å². The number of nitrogens with one attached hydrogen (secondary N) is 1. The zero-order valence-corrected chi connectivity index (χ0v) is 24.3. The van der Waals surface area contributed by atoms with Crippen molar-refractivity contribution in [3.8, 4) is 22.7 Å². The number of hydrazone groups is 1. The molecule has 39 heavy (non-hydrogen) atoms. The number of carbonyl (C=O) groups is 1. The third-order valence-corrected chi connectivity index (χ3v) is 7.32. The fourth-order valence-electron chi connectivity index (χ4n) is 4.16. The van der Waals surface area contributed by atoms with Gasteiger partial charge in [0.15, 0.2) is 0 Å². The lowest BCUT2D eigenvalue weighted by molar-refractivity contribution is 0.0955. The Morgan fingerprint density at radius 2 is 1.64 bits per heavy atom. The molecule has 7 heteroatoms. The average molecular weight is 643 g/mol. The Hall–Kier alpha value is -3.94. The van der Waals surface area contributed by atoms with Gasteiger partial charge in [-0.05, 0) is 106 Å². The van der Waals surface area contributed by atoms with Gasteiger partial charge in [0.2, 0.25) is 0 Å². The van der Waals surface area contributed by atoms with Gasteiger partial charge in [-0.1, -0.05) is 58.4 Å². The molecule has 0 aliphatic carbocycles. The number of benzene rings is 4. The van der Waals surface area contributed by atoms with Gasteiger partial charge in [0.05, 0.1) is 16.4 Å². The molecule has 0 aliphatic rings. The van der Waals surface area contributed by atoms with Gasteiger partial charge in [-0.15, -0.1) is 0 Å². The van der Waals surface area contributed by atoms with Crippen LogP contribution in [-0.4, -0.2) is 16.7 Å². The predicted molar refractivity (Wildman–Crippen MR) is 164 cm³/mol. The zero-order chi connectivity index (χ0) is 27.2. The van der Waals surface area contributed by atoms with E-state index in [2.05, 4.69) is 78.1 Å². The number of ether oxygens (including phenoxy) is 1. The van der Waals surface area contributed by atoms with Crippen LogP contribution < -0.4 is 10.2 Å². The van der Waals surface area contributed by atoms with Crippen LogP contribution in [0, 0.1) is 6.92 Å². The molecule has 1 aromatic heterocycles. The average Bonchev–Trinajstić information content (AvgIpc) is 3.35. The summed E-state index contributed by atoms with van der Waals surface area (Å²) in [6.45, 7) is 2.53. The Kier molecular flexibility index (Phi) is 8.39. The lowest BCUT2D eigenvalue weighted by Crippen LogP contribution is -2.17. The fourth-order valence-corrected chi connectivity index (χ4v) is 4.94. The Morgan fingerprint density at radius 1 is 0.897 bits per heavy atom. The molecule has 5 nitrogen and oxygen atoms in total. The largest absolute Gasteiger partial charge is 0.488 e. The zero-order valence-electron chi connectivity index (χ0n) is 21.1. The molecule has 0 radical (unpaired) electrons. The minimum Gasteiger partial charge on any atom is -0.488 e. The maximum Gasteiger partial charge on any atom is 0.271 e. The summed E-state index contributed by atoms with van der Waals surface area (Å²) >= 11 is 6.99. The molecule has 194 valence electrons. The lowest BCUT2D eigenvalue weighted by atomic mass is 10.1. The van der Waals surface area contributed by atoms with Crippen LogP contribution in [0.3, 0.4) is 0 Å². The SMILES string of the molecule is Cc1ccc(-c2ccccc2)n1-c1ccc(C(=O)N/N=C/c2ccc(OCc3ccc(Br)cc3)c(Br)c2)cc1. The van der Waals surface area contributed by atoms with Gasteiger partial charge in [-0.25, -0.2) is 5.43 Å². The fraction of sp³-hybridized carbons (Fsp3) is 0.0625. The van der Waals surface area contributed by atoms with E-state index in [4.69, 9.17) is 4.74 Å². The first kappa shape index (κ1) is 26.7. The van der Waals surface area contributed by atoms with E-state index in [1.807, 2.05) is 84.9 Å². The van der Waals surface area contributed by atoms with Gasteiger partial charge in [0, 0.05) is 21.4 Å². The third kappa shape index (κ3) is 6.56. The van der Waals surface area contributed by atoms with E-state index in [0.717, 1.165) is 48.5 Å². The van der Waals surface area contributed by atoms with E-state index in [-0.39, 0.29) is 5.91 Å². The van der Waals surface area contributed by atoms with Gasteiger partial charge >= 0.3 is 0 Å². The molecule has 0 bridgehead atoms. The molecule has 0 unspecified atom stereocenters. The van der Waals surface area contributed by atoms with Gasteiger partial charge < -0.3 is 9.30 Å². The molecule has 0 aliphatic heterocycles. The standard InChI is InChI=1S/C32H25Br2N3O2/c1-22-7-17-30(25-5-3-2-4-6-25)37(22)28-15-11-26(12-16-28)32(38)36-35-20-24-10-18-31(29(34)19-24)39-21-23-8-13-27(33)14-9-23/h2-20H,21H2,1H3,(H,36,38)/b35-20+. The van der Waals surface area contributed by atoms with Crippen LogP contribution in [0.2, 0.25) is 0 Å². The van der Waals surface area contributed by atoms with E-state index in [1.165, 1.54) is 0 Å². The maximum atomic E-state index is 12.7. The van der Waals surface area contributed by atoms with E-state index >= 15 is 0 Å². The van der Waals surface area contributed by atoms with Crippen LogP contribution in [0.1, 0.15) is 27.2 Å². The predicted octanol–water partition coefficient (Wildman–Crippen LogP) is 8.32. The van der Waals surface area contributed by atoms with Gasteiger partial charge in [-0.2, -0.15) is 5.10 Å². The van der Waals surface area contributed by atoms with Crippen molar-refractivity contribution in [1.29, 1.82) is 0 Å². The second-order valence-electron chi connectivity index (χ2n) is 8.91. The molecule has 4 aromatic carbocycles. The van der Waals surface area contributed by atoms with Crippen molar-refractivity contribution >= 4 is 44.0 Å². The number of hydrogen-bond acceptors (Lipinski definition) is 3. The summed E-state index contributed by atoms with van der Waals surface area (Å²) in [6, 6.07) is 35.6. The summed E-state index contributed by atoms with van der Waals surface area (Å²) in [4.78, 5) is 12.7. The number of hydrogen-bond donors (Lipinski definition) is 1. The number of aryl methyl sites for hydroxylation is 1. The summed E-state index contributed by atoms with van der Waals surface area (Å²) in [6.07, 6.45) is 1.60. The van der Waals surface area contributed by atoms with Crippen LogP contribution in [0.4, 0.5) is 0 Å². The molecule has 1 heterocycles.